The normalized spacial score (nSPS) is 14.9. The Morgan fingerprint density at radius 2 is 1.93 bits per heavy atom. The largest absolute Gasteiger partial charge is 0.493 e. The molecule has 0 fully saturated rings. The Morgan fingerprint density at radius 3 is 2.68 bits per heavy atom. The highest BCUT2D eigenvalue weighted by atomic mass is 32.2. The van der Waals surface area contributed by atoms with Gasteiger partial charge in [0.15, 0.2) is 16.7 Å². The van der Waals surface area contributed by atoms with Crippen molar-refractivity contribution in [2.45, 2.75) is 0 Å². The molecule has 0 aliphatic carbocycles. The zero-order valence-corrected chi connectivity index (χ0v) is 16.4. The van der Waals surface area contributed by atoms with Crippen molar-refractivity contribution in [2.24, 2.45) is 4.99 Å². The predicted molar refractivity (Wildman–Crippen MR) is 113 cm³/mol. The fourth-order valence-corrected chi connectivity index (χ4v) is 4.10. The number of rotatable bonds is 5. The minimum absolute atomic E-state index is 0.357. The van der Waals surface area contributed by atoms with Gasteiger partial charge in [0, 0.05) is 17.6 Å². The molecule has 144 valence electrons. The number of benzene rings is 2. The molecule has 0 spiro atoms. The highest BCUT2D eigenvalue weighted by Gasteiger charge is 2.26. The van der Waals surface area contributed by atoms with Crippen LogP contribution in [0.25, 0.3) is 5.70 Å². The van der Waals surface area contributed by atoms with Crippen molar-refractivity contribution >= 4 is 40.0 Å². The van der Waals surface area contributed by atoms with E-state index in [-0.39, 0.29) is 6.03 Å². The zero-order valence-electron chi connectivity index (χ0n) is 15.6. The van der Waals surface area contributed by atoms with Crippen LogP contribution in [0.4, 0.5) is 16.2 Å². The Labute approximate surface area is 167 Å². The minimum Gasteiger partial charge on any atom is -0.493 e. The van der Waals surface area contributed by atoms with Crippen LogP contribution in [-0.2, 0) is 0 Å². The quantitative estimate of drug-likeness (QED) is 0.797. The third-order valence-electron chi connectivity index (χ3n) is 4.46. The average molecular weight is 396 g/mol. The van der Waals surface area contributed by atoms with Gasteiger partial charge in [-0.25, -0.2) is 4.79 Å². The van der Waals surface area contributed by atoms with E-state index < -0.39 is 0 Å². The van der Waals surface area contributed by atoms with Gasteiger partial charge in [-0.1, -0.05) is 30.0 Å². The molecule has 7 nitrogen and oxygen atoms in total. The number of hydrogen-bond donors (Lipinski definition) is 2. The lowest BCUT2D eigenvalue weighted by Gasteiger charge is -2.17. The molecule has 4 rings (SSSR count). The highest BCUT2D eigenvalue weighted by molar-refractivity contribution is 8.16. The molecule has 2 N–H and O–H groups in total. The number of urea groups is 1. The molecule has 0 saturated carbocycles. The number of ether oxygens (including phenoxy) is 2. The Balaban J connectivity index is 1.42. The number of thioether (sulfide) groups is 1. The number of methoxy groups -OCH3 is 2. The van der Waals surface area contributed by atoms with E-state index in [0.29, 0.717) is 22.9 Å². The third-order valence-corrected chi connectivity index (χ3v) is 5.36. The summed E-state index contributed by atoms with van der Waals surface area (Å²) >= 11 is 1.65. The van der Waals surface area contributed by atoms with Gasteiger partial charge >= 0.3 is 6.03 Å². The number of hydrogen-bond acceptors (Lipinski definition) is 6. The maximum absolute atomic E-state index is 12.4. The second-order valence-electron chi connectivity index (χ2n) is 6.13. The smallest absolute Gasteiger partial charge is 0.323 e. The fraction of sp³-hybridized carbons (Fsp3) is 0.200. The molecule has 2 amide bonds. The Kier molecular flexibility index (Phi) is 5.12. The van der Waals surface area contributed by atoms with Crippen molar-refractivity contribution < 1.29 is 14.3 Å². The van der Waals surface area contributed by atoms with Crippen molar-refractivity contribution in [1.82, 2.24) is 4.90 Å². The van der Waals surface area contributed by atoms with Gasteiger partial charge in [0.05, 0.1) is 32.1 Å². The number of aliphatic imine (C=N–C) groups is 1. The van der Waals surface area contributed by atoms with Gasteiger partial charge in [-0.05, 0) is 29.8 Å². The van der Waals surface area contributed by atoms with Crippen molar-refractivity contribution in [3.63, 3.8) is 0 Å². The molecule has 28 heavy (non-hydrogen) atoms. The summed E-state index contributed by atoms with van der Waals surface area (Å²) in [4.78, 5) is 19.1. The molecule has 0 aromatic heterocycles. The van der Waals surface area contributed by atoms with Gasteiger partial charge < -0.3 is 25.0 Å². The zero-order chi connectivity index (χ0) is 19.5. The van der Waals surface area contributed by atoms with E-state index >= 15 is 0 Å². The first-order chi connectivity index (χ1) is 13.7. The number of carbonyl (C=O) groups is 1. The molecule has 0 radical (unpaired) electrons. The van der Waals surface area contributed by atoms with Crippen molar-refractivity contribution in [2.75, 3.05) is 37.9 Å². The number of amidine groups is 1. The average Bonchev–Trinajstić information content (AvgIpc) is 3.32. The highest BCUT2D eigenvalue weighted by Crippen LogP contribution is 2.36. The van der Waals surface area contributed by atoms with Crippen molar-refractivity contribution in [3.05, 3.63) is 53.4 Å². The van der Waals surface area contributed by atoms with Crippen LogP contribution in [-0.4, -0.2) is 43.4 Å². The molecular formula is C20H20N4O3S. The van der Waals surface area contributed by atoms with E-state index in [1.807, 2.05) is 24.3 Å². The molecule has 8 heteroatoms. The molecule has 0 bridgehead atoms. The third kappa shape index (κ3) is 3.50. The molecule has 0 unspecified atom stereocenters. The van der Waals surface area contributed by atoms with Crippen LogP contribution in [0, 0.1) is 0 Å². The molecule has 2 aromatic carbocycles. The van der Waals surface area contributed by atoms with Crippen molar-refractivity contribution in [3.8, 4) is 11.5 Å². The lowest BCUT2D eigenvalue weighted by Crippen LogP contribution is -2.20. The number of nitrogens with one attached hydrogen (secondary N) is 2. The van der Waals surface area contributed by atoms with Crippen LogP contribution >= 0.6 is 11.8 Å². The number of para-hydroxylation sites is 1. The number of amides is 2. The second-order valence-corrected chi connectivity index (χ2v) is 6.97. The van der Waals surface area contributed by atoms with Crippen molar-refractivity contribution in [1.29, 1.82) is 0 Å². The van der Waals surface area contributed by atoms with Crippen LogP contribution in [0.2, 0.25) is 0 Å². The minimum atomic E-state index is -0.357. The van der Waals surface area contributed by atoms with Gasteiger partial charge in [-0.3, -0.25) is 4.99 Å². The van der Waals surface area contributed by atoms with Gasteiger partial charge in [0.1, 0.15) is 0 Å². The predicted octanol–water partition coefficient (Wildman–Crippen LogP) is 4.06. The number of fused-ring (bicyclic) bond motifs is 1. The lowest BCUT2D eigenvalue weighted by molar-refractivity contribution is 0.262. The summed E-state index contributed by atoms with van der Waals surface area (Å²) < 4.78 is 10.6. The topological polar surface area (TPSA) is 75.2 Å². The lowest BCUT2D eigenvalue weighted by atomic mass is 10.1. The molecule has 0 saturated heterocycles. The van der Waals surface area contributed by atoms with Crippen LogP contribution in [0.3, 0.4) is 0 Å². The summed E-state index contributed by atoms with van der Waals surface area (Å²) in [6.07, 6.45) is 0. The molecule has 0 atom stereocenters. The molecule has 2 aromatic rings. The SMILES string of the molecule is COc1cccc(NC(=O)Nc2ccc(C3=CSC4=NCCN34)cc2)c1OC. The Bertz CT molecular complexity index is 956. The monoisotopic (exact) mass is 396 g/mol. The van der Waals surface area contributed by atoms with Crippen LogP contribution in [0.1, 0.15) is 5.56 Å². The van der Waals surface area contributed by atoms with Crippen LogP contribution in [0.5, 0.6) is 11.5 Å². The van der Waals surface area contributed by atoms with Gasteiger partial charge in [-0.15, -0.1) is 0 Å². The maximum Gasteiger partial charge on any atom is 0.323 e. The van der Waals surface area contributed by atoms with E-state index in [1.165, 1.54) is 7.11 Å². The van der Waals surface area contributed by atoms with Crippen LogP contribution < -0.4 is 20.1 Å². The molecule has 2 aliphatic rings. The van der Waals surface area contributed by atoms with Gasteiger partial charge in [-0.2, -0.15) is 0 Å². The summed E-state index contributed by atoms with van der Waals surface area (Å²) in [6, 6.07) is 12.7. The molecular weight excluding hydrogens is 376 g/mol. The Morgan fingerprint density at radius 1 is 1.11 bits per heavy atom. The number of carbonyl (C=O) groups excluding carboxylic acids is 1. The molecule has 2 heterocycles. The molecule has 2 aliphatic heterocycles. The second kappa shape index (κ2) is 7.85. The van der Waals surface area contributed by atoms with E-state index in [9.17, 15) is 4.79 Å². The first kappa shape index (κ1) is 18.2. The van der Waals surface area contributed by atoms with E-state index in [4.69, 9.17) is 9.47 Å². The summed E-state index contributed by atoms with van der Waals surface area (Å²) in [5.74, 6) is 1.03. The summed E-state index contributed by atoms with van der Waals surface area (Å²) in [5.41, 5.74) is 3.48. The summed E-state index contributed by atoms with van der Waals surface area (Å²) in [6.45, 7) is 1.76. The van der Waals surface area contributed by atoms with Crippen LogP contribution in [0.15, 0.2) is 52.9 Å². The summed E-state index contributed by atoms with van der Waals surface area (Å²) in [7, 11) is 3.09. The van der Waals surface area contributed by atoms with E-state index in [0.717, 1.165) is 29.5 Å². The first-order valence-electron chi connectivity index (χ1n) is 8.78. The standard InChI is InChI=1S/C20H20N4O3S/c1-26-17-5-3-4-15(18(17)27-2)23-19(25)22-14-8-6-13(7-9-14)16-12-28-20-21-10-11-24(16)20/h3-9,12H,10-11H2,1-2H3,(H2,22,23,25). The van der Waals surface area contributed by atoms with Gasteiger partial charge in [0.2, 0.25) is 0 Å². The first-order valence-corrected chi connectivity index (χ1v) is 9.66. The van der Waals surface area contributed by atoms with Gasteiger partial charge in [0.25, 0.3) is 0 Å². The number of nitrogens with zero attached hydrogens (tertiary/aromatic N) is 2. The maximum atomic E-state index is 12.4. The van der Waals surface area contributed by atoms with E-state index in [2.05, 4.69) is 25.9 Å². The van der Waals surface area contributed by atoms with E-state index in [1.54, 1.807) is 37.1 Å². The summed E-state index contributed by atoms with van der Waals surface area (Å²) in [5, 5.41) is 8.80. The number of anilines is 2. The Hall–Kier alpha value is -3.13. The fourth-order valence-electron chi connectivity index (χ4n) is 3.14.